The minimum atomic E-state index is 0.763. The summed E-state index contributed by atoms with van der Waals surface area (Å²) in [5, 5.41) is 0. The molecule has 0 aromatic heterocycles. The third-order valence-electron chi connectivity index (χ3n) is 5.19. The predicted octanol–water partition coefficient (Wildman–Crippen LogP) is 4.04. The monoisotopic (exact) mass is 225 g/mol. The first-order chi connectivity index (χ1) is 7.45. The van der Waals surface area contributed by atoms with Crippen LogP contribution < -0.4 is 0 Å². The summed E-state index contributed by atoms with van der Waals surface area (Å²) in [7, 11) is 0. The van der Waals surface area contributed by atoms with Crippen LogP contribution in [0.25, 0.3) is 0 Å². The van der Waals surface area contributed by atoms with Crippen LogP contribution in [0.4, 0.5) is 0 Å². The van der Waals surface area contributed by atoms with Crippen molar-refractivity contribution in [2.75, 3.05) is 13.1 Å². The van der Waals surface area contributed by atoms with Gasteiger partial charge in [0.2, 0.25) is 0 Å². The van der Waals surface area contributed by atoms with Crippen molar-refractivity contribution >= 4 is 0 Å². The van der Waals surface area contributed by atoms with Crippen LogP contribution in [0.2, 0.25) is 0 Å². The number of hydrogen-bond acceptors (Lipinski definition) is 1. The molecule has 1 rings (SSSR count). The van der Waals surface area contributed by atoms with E-state index < -0.39 is 0 Å². The Morgan fingerprint density at radius 3 is 1.62 bits per heavy atom. The van der Waals surface area contributed by atoms with E-state index in [1.165, 1.54) is 25.9 Å². The van der Waals surface area contributed by atoms with Gasteiger partial charge in [0.25, 0.3) is 0 Å². The third kappa shape index (κ3) is 3.23. The Morgan fingerprint density at radius 1 is 0.688 bits per heavy atom. The van der Waals surface area contributed by atoms with Crippen LogP contribution in [0.15, 0.2) is 0 Å². The molecule has 1 heterocycles. The summed E-state index contributed by atoms with van der Waals surface area (Å²) in [5.74, 6) is 3.29. The van der Waals surface area contributed by atoms with Crippen molar-refractivity contribution in [3.05, 3.63) is 0 Å². The second kappa shape index (κ2) is 6.05. The minimum absolute atomic E-state index is 0.763. The van der Waals surface area contributed by atoms with Crippen LogP contribution >= 0.6 is 0 Å². The second-order valence-electron chi connectivity index (χ2n) is 6.31. The molecule has 16 heavy (non-hydrogen) atoms. The molecule has 0 aromatic rings. The normalized spacial score (nSPS) is 25.7. The molecule has 0 radical (unpaired) electrons. The minimum Gasteiger partial charge on any atom is -0.300 e. The molecule has 1 nitrogen and oxygen atoms in total. The maximum Gasteiger partial charge on any atom is 0.00951 e. The summed E-state index contributed by atoms with van der Waals surface area (Å²) in [6, 6.07) is 0.763. The molecule has 0 bridgehead atoms. The molecule has 1 aliphatic heterocycles. The van der Waals surface area contributed by atoms with Crippen molar-refractivity contribution in [3.63, 3.8) is 0 Å². The van der Waals surface area contributed by atoms with Crippen LogP contribution in [-0.2, 0) is 0 Å². The van der Waals surface area contributed by atoms with Crippen molar-refractivity contribution in [1.29, 1.82) is 0 Å². The van der Waals surface area contributed by atoms with E-state index in [4.69, 9.17) is 0 Å². The predicted molar refractivity (Wildman–Crippen MR) is 72.6 cm³/mol. The molecule has 1 saturated heterocycles. The van der Waals surface area contributed by atoms with E-state index in [-0.39, 0.29) is 0 Å². The first-order valence-corrected chi connectivity index (χ1v) is 7.19. The zero-order valence-electron chi connectivity index (χ0n) is 12.2. The SMILES string of the molecule is CC(C)C(C)C(C)C(C)C(C)N1CCCC1. The van der Waals surface area contributed by atoms with E-state index in [0.29, 0.717) is 0 Å². The molecule has 1 fully saturated rings. The number of likely N-dealkylation sites (tertiary alicyclic amines) is 1. The van der Waals surface area contributed by atoms with Gasteiger partial charge in [-0.15, -0.1) is 0 Å². The lowest BCUT2D eigenvalue weighted by atomic mass is 9.76. The van der Waals surface area contributed by atoms with Gasteiger partial charge in [-0.1, -0.05) is 34.6 Å². The Labute approximate surface area is 103 Å². The average Bonchev–Trinajstić information content (AvgIpc) is 2.78. The highest BCUT2D eigenvalue weighted by molar-refractivity contribution is 4.82. The van der Waals surface area contributed by atoms with Crippen molar-refractivity contribution < 1.29 is 0 Å². The van der Waals surface area contributed by atoms with Crippen LogP contribution in [-0.4, -0.2) is 24.0 Å². The van der Waals surface area contributed by atoms with E-state index in [1.54, 1.807) is 0 Å². The summed E-state index contributed by atoms with van der Waals surface area (Å²) < 4.78 is 0. The Kier molecular flexibility index (Phi) is 5.30. The molecule has 1 heteroatoms. The van der Waals surface area contributed by atoms with E-state index >= 15 is 0 Å². The highest BCUT2D eigenvalue weighted by Gasteiger charge is 2.29. The lowest BCUT2D eigenvalue weighted by Crippen LogP contribution is -2.39. The van der Waals surface area contributed by atoms with E-state index in [0.717, 1.165) is 29.7 Å². The second-order valence-corrected chi connectivity index (χ2v) is 6.31. The van der Waals surface area contributed by atoms with Crippen LogP contribution in [0, 0.1) is 23.7 Å². The molecule has 0 aromatic carbocycles. The Balaban J connectivity index is 2.51. The van der Waals surface area contributed by atoms with E-state index in [9.17, 15) is 0 Å². The summed E-state index contributed by atoms with van der Waals surface area (Å²) in [6.07, 6.45) is 2.82. The standard InChI is InChI=1S/C15H31N/c1-11(2)12(3)13(4)14(5)15(6)16-9-7-8-10-16/h11-15H,7-10H2,1-6H3. The molecule has 1 aliphatic rings. The van der Waals surface area contributed by atoms with Gasteiger partial charge in [0, 0.05) is 6.04 Å². The van der Waals surface area contributed by atoms with Crippen molar-refractivity contribution in [3.8, 4) is 0 Å². The Hall–Kier alpha value is -0.0400. The van der Waals surface area contributed by atoms with Gasteiger partial charge in [-0.3, -0.25) is 0 Å². The largest absolute Gasteiger partial charge is 0.300 e. The lowest BCUT2D eigenvalue weighted by molar-refractivity contribution is 0.120. The van der Waals surface area contributed by atoms with Gasteiger partial charge >= 0.3 is 0 Å². The molecule has 0 spiro atoms. The smallest absolute Gasteiger partial charge is 0.00951 e. The van der Waals surface area contributed by atoms with Gasteiger partial charge in [0.05, 0.1) is 0 Å². The third-order valence-corrected chi connectivity index (χ3v) is 5.19. The summed E-state index contributed by atoms with van der Waals surface area (Å²) in [6.45, 7) is 17.1. The fraction of sp³-hybridized carbons (Fsp3) is 1.00. The average molecular weight is 225 g/mol. The zero-order chi connectivity index (χ0) is 12.3. The number of nitrogens with zero attached hydrogens (tertiary/aromatic N) is 1. The van der Waals surface area contributed by atoms with Crippen molar-refractivity contribution in [2.45, 2.75) is 60.4 Å². The topological polar surface area (TPSA) is 3.24 Å². The summed E-state index contributed by atoms with van der Waals surface area (Å²) in [5.41, 5.74) is 0. The molecule has 96 valence electrons. The molecule has 0 aliphatic carbocycles. The molecule has 0 N–H and O–H groups in total. The van der Waals surface area contributed by atoms with Gasteiger partial charge in [-0.25, -0.2) is 0 Å². The van der Waals surface area contributed by atoms with Crippen LogP contribution in [0.3, 0.4) is 0 Å². The molecular formula is C15H31N. The molecule has 0 saturated carbocycles. The van der Waals surface area contributed by atoms with E-state index in [1.807, 2.05) is 0 Å². The Morgan fingerprint density at radius 2 is 1.19 bits per heavy atom. The first-order valence-electron chi connectivity index (χ1n) is 7.19. The van der Waals surface area contributed by atoms with Gasteiger partial charge in [-0.05, 0) is 56.5 Å². The van der Waals surface area contributed by atoms with Crippen molar-refractivity contribution in [1.82, 2.24) is 4.90 Å². The zero-order valence-corrected chi connectivity index (χ0v) is 12.2. The maximum atomic E-state index is 2.69. The number of hydrogen-bond donors (Lipinski definition) is 0. The summed E-state index contributed by atoms with van der Waals surface area (Å²) in [4.78, 5) is 2.69. The van der Waals surface area contributed by atoms with Crippen LogP contribution in [0.1, 0.15) is 54.4 Å². The highest BCUT2D eigenvalue weighted by Crippen LogP contribution is 2.31. The number of rotatable bonds is 5. The van der Waals surface area contributed by atoms with Gasteiger partial charge in [0.1, 0.15) is 0 Å². The van der Waals surface area contributed by atoms with Gasteiger partial charge in [-0.2, -0.15) is 0 Å². The Bertz CT molecular complexity index is 186. The molecular weight excluding hydrogens is 194 g/mol. The first kappa shape index (κ1) is 14.0. The van der Waals surface area contributed by atoms with Crippen LogP contribution in [0.5, 0.6) is 0 Å². The molecule has 0 amide bonds. The molecule has 4 atom stereocenters. The van der Waals surface area contributed by atoms with E-state index in [2.05, 4.69) is 46.4 Å². The summed E-state index contributed by atoms with van der Waals surface area (Å²) >= 11 is 0. The quantitative estimate of drug-likeness (QED) is 0.682. The van der Waals surface area contributed by atoms with Gasteiger partial charge in [0.15, 0.2) is 0 Å². The molecule has 4 unspecified atom stereocenters. The maximum absolute atomic E-state index is 2.69. The lowest BCUT2D eigenvalue weighted by Gasteiger charge is -2.37. The van der Waals surface area contributed by atoms with Crippen molar-refractivity contribution in [2.24, 2.45) is 23.7 Å². The van der Waals surface area contributed by atoms with Gasteiger partial charge < -0.3 is 4.90 Å². The highest BCUT2D eigenvalue weighted by atomic mass is 15.2. The fourth-order valence-electron chi connectivity index (χ4n) is 3.01. The fourth-order valence-corrected chi connectivity index (χ4v) is 3.01.